The lowest BCUT2D eigenvalue weighted by molar-refractivity contribution is 0.130. The molecule has 2 aromatic rings. The fraction of sp³-hybridized carbons (Fsp3) is 0.656. The zero-order valence-electron chi connectivity index (χ0n) is 23.7. The molecule has 0 aromatic heterocycles. The fourth-order valence-electron chi connectivity index (χ4n) is 5.41. The van der Waals surface area contributed by atoms with Gasteiger partial charge in [0.2, 0.25) is 0 Å². The van der Waals surface area contributed by atoms with Gasteiger partial charge in [-0.3, -0.25) is 0 Å². The van der Waals surface area contributed by atoms with Crippen molar-refractivity contribution in [2.75, 3.05) is 23.8 Å². The Balaban J connectivity index is 1.18. The largest absolute Gasteiger partial charge is 0.445 e. The summed E-state index contributed by atoms with van der Waals surface area (Å²) in [6.07, 6.45) is 19.8. The van der Waals surface area contributed by atoms with Gasteiger partial charge in [-0.05, 0) is 43.4 Å². The Bertz CT molecular complexity index is 946. The van der Waals surface area contributed by atoms with Gasteiger partial charge in [0.1, 0.15) is 12.3 Å². The number of hydrogen-bond acceptors (Lipinski definition) is 4. The zero-order chi connectivity index (χ0) is 26.3. The molecule has 1 heterocycles. The van der Waals surface area contributed by atoms with Crippen molar-refractivity contribution in [3.63, 3.8) is 0 Å². The molecule has 0 bridgehead atoms. The van der Waals surface area contributed by atoms with Gasteiger partial charge in [0.15, 0.2) is 0 Å². The van der Waals surface area contributed by atoms with Gasteiger partial charge in [0.05, 0.1) is 0 Å². The van der Waals surface area contributed by atoms with Gasteiger partial charge in [-0.2, -0.15) is 0 Å². The van der Waals surface area contributed by atoms with Crippen LogP contribution in [0.1, 0.15) is 116 Å². The van der Waals surface area contributed by atoms with Crippen molar-refractivity contribution in [2.24, 2.45) is 0 Å². The molecule has 0 aliphatic carbocycles. The summed E-state index contributed by atoms with van der Waals surface area (Å²) in [5, 5.41) is 12.4. The smallest absolute Gasteiger partial charge is 0.407 e. The van der Waals surface area contributed by atoms with Crippen LogP contribution in [0.5, 0.6) is 0 Å². The average Bonchev–Trinajstić information content (AvgIpc) is 2.89. The lowest BCUT2D eigenvalue weighted by Gasteiger charge is -2.38. The number of unbranched alkanes of at least 4 members (excludes halogenated alkanes) is 14. The first kappa shape index (κ1) is 29.1. The van der Waals surface area contributed by atoms with E-state index >= 15 is 0 Å². The molecular weight excluding hydrogens is 458 g/mol. The molecule has 1 atom stereocenters. The molecule has 1 aliphatic rings. The summed E-state index contributed by atoms with van der Waals surface area (Å²) in [5.74, 6) is 0. The number of alkyl carbamates (subject to hydrolysis) is 1. The summed E-state index contributed by atoms with van der Waals surface area (Å²) in [6.45, 7) is 7.35. The number of nitrogens with one attached hydrogen (secondary N) is 3. The standard InChI is InChI=1S/C32H51N3O2/c1-4-5-6-7-8-9-10-11-12-13-14-15-16-17-18-24-33-31(36)37-25-32(3)34-28-21-19-20-27-26(2)22-23-29(35-32)30(27)28/h19-23,34-35H,4-18,24-25H2,1-3H3,(H,33,36). The van der Waals surface area contributed by atoms with E-state index in [9.17, 15) is 4.79 Å². The maximum Gasteiger partial charge on any atom is 0.407 e. The number of anilines is 2. The lowest BCUT2D eigenvalue weighted by atomic mass is 9.98. The summed E-state index contributed by atoms with van der Waals surface area (Å²) in [6, 6.07) is 10.5. The van der Waals surface area contributed by atoms with Crippen molar-refractivity contribution >= 4 is 28.2 Å². The Kier molecular flexibility index (Phi) is 12.4. The van der Waals surface area contributed by atoms with Crippen LogP contribution in [-0.4, -0.2) is 24.9 Å². The zero-order valence-corrected chi connectivity index (χ0v) is 23.7. The van der Waals surface area contributed by atoms with Crippen LogP contribution in [0, 0.1) is 6.92 Å². The van der Waals surface area contributed by atoms with Crippen molar-refractivity contribution in [2.45, 2.75) is 123 Å². The molecule has 1 amide bonds. The molecule has 0 radical (unpaired) electrons. The quantitative estimate of drug-likeness (QED) is 0.175. The van der Waals surface area contributed by atoms with Gasteiger partial charge >= 0.3 is 6.09 Å². The van der Waals surface area contributed by atoms with E-state index in [0.29, 0.717) is 6.54 Å². The summed E-state index contributed by atoms with van der Waals surface area (Å²) in [7, 11) is 0. The predicted molar refractivity (Wildman–Crippen MR) is 159 cm³/mol. The first-order valence-electron chi connectivity index (χ1n) is 15.0. The molecule has 37 heavy (non-hydrogen) atoms. The van der Waals surface area contributed by atoms with Gasteiger partial charge in [0.25, 0.3) is 0 Å². The topological polar surface area (TPSA) is 62.4 Å². The highest BCUT2D eigenvalue weighted by atomic mass is 16.5. The van der Waals surface area contributed by atoms with Crippen molar-refractivity contribution < 1.29 is 9.53 Å². The van der Waals surface area contributed by atoms with E-state index in [1.807, 2.05) is 6.92 Å². The number of carbonyl (C=O) groups is 1. The Morgan fingerprint density at radius 3 is 1.92 bits per heavy atom. The highest BCUT2D eigenvalue weighted by molar-refractivity contribution is 6.06. The van der Waals surface area contributed by atoms with Crippen LogP contribution in [0.4, 0.5) is 16.2 Å². The second-order valence-electron chi connectivity index (χ2n) is 11.2. The molecule has 5 nitrogen and oxygen atoms in total. The maximum absolute atomic E-state index is 12.3. The summed E-state index contributed by atoms with van der Waals surface area (Å²) < 4.78 is 5.57. The Hall–Kier alpha value is -2.43. The van der Waals surface area contributed by atoms with Gasteiger partial charge in [0, 0.05) is 23.3 Å². The SMILES string of the molecule is CCCCCCCCCCCCCCCCCNC(=O)OCC1(C)Nc2cccc3c(C)ccc(c23)N1. The summed E-state index contributed by atoms with van der Waals surface area (Å²) in [5.41, 5.74) is 2.84. The van der Waals surface area contributed by atoms with Gasteiger partial charge in [-0.15, -0.1) is 0 Å². The lowest BCUT2D eigenvalue weighted by Crippen LogP contribution is -2.50. The van der Waals surface area contributed by atoms with E-state index < -0.39 is 5.66 Å². The van der Waals surface area contributed by atoms with Gasteiger partial charge in [-0.1, -0.05) is 115 Å². The minimum absolute atomic E-state index is 0.237. The minimum Gasteiger partial charge on any atom is -0.445 e. The van der Waals surface area contributed by atoms with Crippen molar-refractivity contribution in [3.8, 4) is 0 Å². The number of amides is 1. The van der Waals surface area contributed by atoms with Crippen LogP contribution < -0.4 is 16.0 Å². The van der Waals surface area contributed by atoms with Crippen LogP contribution in [0.2, 0.25) is 0 Å². The summed E-state index contributed by atoms with van der Waals surface area (Å²) >= 11 is 0. The van der Waals surface area contributed by atoms with Crippen LogP contribution in [0.3, 0.4) is 0 Å². The van der Waals surface area contributed by atoms with Gasteiger partial charge < -0.3 is 20.7 Å². The fourth-order valence-corrected chi connectivity index (χ4v) is 5.41. The van der Waals surface area contributed by atoms with Crippen LogP contribution in [0.15, 0.2) is 30.3 Å². The molecule has 3 N–H and O–H groups in total. The Morgan fingerprint density at radius 1 is 0.784 bits per heavy atom. The first-order valence-corrected chi connectivity index (χ1v) is 15.0. The van der Waals surface area contributed by atoms with E-state index in [2.05, 4.69) is 60.1 Å². The van der Waals surface area contributed by atoms with E-state index in [1.54, 1.807) is 0 Å². The highest BCUT2D eigenvalue weighted by Gasteiger charge is 2.31. The molecule has 1 aliphatic heterocycles. The third-order valence-electron chi connectivity index (χ3n) is 7.62. The third-order valence-corrected chi connectivity index (χ3v) is 7.62. The van der Waals surface area contributed by atoms with Crippen molar-refractivity contribution in [1.29, 1.82) is 0 Å². The number of rotatable bonds is 18. The maximum atomic E-state index is 12.3. The molecule has 3 rings (SSSR count). The number of ether oxygens (including phenoxy) is 1. The minimum atomic E-state index is -0.553. The second kappa shape index (κ2) is 15.7. The molecule has 2 aromatic carbocycles. The van der Waals surface area contributed by atoms with Crippen molar-refractivity contribution in [1.82, 2.24) is 5.32 Å². The number of hydrogen-bond donors (Lipinski definition) is 3. The molecule has 0 saturated carbocycles. The van der Waals surface area contributed by atoms with Gasteiger partial charge in [-0.25, -0.2) is 4.79 Å². The predicted octanol–water partition coefficient (Wildman–Crippen LogP) is 9.30. The molecule has 0 saturated heterocycles. The number of benzene rings is 2. The Morgan fingerprint density at radius 2 is 1.32 bits per heavy atom. The van der Waals surface area contributed by atoms with Crippen LogP contribution >= 0.6 is 0 Å². The molecule has 5 heteroatoms. The first-order chi connectivity index (χ1) is 18.0. The molecule has 206 valence electrons. The highest BCUT2D eigenvalue weighted by Crippen LogP contribution is 2.39. The third kappa shape index (κ3) is 9.75. The van der Waals surface area contributed by atoms with E-state index in [0.717, 1.165) is 17.8 Å². The molecule has 1 unspecified atom stereocenters. The molecular formula is C32H51N3O2. The normalized spacial score (nSPS) is 16.3. The molecule has 0 spiro atoms. The van der Waals surface area contributed by atoms with E-state index in [1.165, 1.54) is 106 Å². The summed E-state index contributed by atoms with van der Waals surface area (Å²) in [4.78, 5) is 12.3. The van der Waals surface area contributed by atoms with E-state index in [4.69, 9.17) is 4.74 Å². The monoisotopic (exact) mass is 509 g/mol. The van der Waals surface area contributed by atoms with Crippen LogP contribution in [-0.2, 0) is 4.74 Å². The number of carbonyl (C=O) groups excluding carboxylic acids is 1. The second-order valence-corrected chi connectivity index (χ2v) is 11.2. The van der Waals surface area contributed by atoms with Crippen molar-refractivity contribution in [3.05, 3.63) is 35.9 Å². The number of aryl methyl sites for hydroxylation is 1. The molecule has 0 fully saturated rings. The average molecular weight is 510 g/mol. The van der Waals surface area contributed by atoms with E-state index in [-0.39, 0.29) is 12.7 Å². The van der Waals surface area contributed by atoms with Crippen LogP contribution in [0.25, 0.3) is 10.8 Å². The Labute approximate surface area is 225 Å².